The largest absolute Gasteiger partial charge is 0.504 e. The number of hydrogen-bond acceptors (Lipinski definition) is 6. The molecule has 0 aliphatic rings. The number of phenols is 2. The van der Waals surface area contributed by atoms with Crippen LogP contribution in [0.25, 0.3) is 0 Å². The highest BCUT2D eigenvalue weighted by molar-refractivity contribution is 8.00. The van der Waals surface area contributed by atoms with Gasteiger partial charge in [0.25, 0.3) is 5.69 Å². The lowest BCUT2D eigenvalue weighted by atomic mass is 10.1. The van der Waals surface area contributed by atoms with E-state index in [9.17, 15) is 25.1 Å². The van der Waals surface area contributed by atoms with Crippen molar-refractivity contribution in [2.75, 3.05) is 5.75 Å². The minimum absolute atomic E-state index is 0.00489. The van der Waals surface area contributed by atoms with Crippen LogP contribution in [-0.2, 0) is 0 Å². The summed E-state index contributed by atoms with van der Waals surface area (Å²) in [6, 6.07) is 9.94. The molecular formula is C14H11NO5S. The second-order valence-corrected chi connectivity index (χ2v) is 5.16. The van der Waals surface area contributed by atoms with Gasteiger partial charge in [0.2, 0.25) is 0 Å². The van der Waals surface area contributed by atoms with E-state index in [0.717, 1.165) is 17.8 Å². The van der Waals surface area contributed by atoms with Gasteiger partial charge in [-0.15, -0.1) is 11.8 Å². The SMILES string of the molecule is O=C(CSc1ccccc1[N+](=O)[O-])c1ccc(O)c(O)c1. The smallest absolute Gasteiger partial charge is 0.282 e. The molecule has 2 aromatic rings. The minimum Gasteiger partial charge on any atom is -0.504 e. The summed E-state index contributed by atoms with van der Waals surface area (Å²) >= 11 is 1.05. The Bertz CT molecular complexity index is 702. The topological polar surface area (TPSA) is 101 Å². The van der Waals surface area contributed by atoms with Gasteiger partial charge in [0.05, 0.1) is 15.6 Å². The van der Waals surface area contributed by atoms with Crippen molar-refractivity contribution in [1.82, 2.24) is 0 Å². The van der Waals surface area contributed by atoms with Crippen molar-refractivity contribution in [3.8, 4) is 11.5 Å². The summed E-state index contributed by atoms with van der Waals surface area (Å²) in [4.78, 5) is 22.7. The Morgan fingerprint density at radius 2 is 1.86 bits per heavy atom. The first-order chi connectivity index (χ1) is 9.99. The standard InChI is InChI=1S/C14H11NO5S/c16-11-6-5-9(7-12(11)17)13(18)8-21-14-4-2-1-3-10(14)15(19)20/h1-7,16-17H,8H2. The van der Waals surface area contributed by atoms with Gasteiger partial charge in [0, 0.05) is 11.6 Å². The molecule has 0 radical (unpaired) electrons. The van der Waals surface area contributed by atoms with Crippen LogP contribution in [0.3, 0.4) is 0 Å². The Labute approximate surface area is 124 Å². The molecule has 21 heavy (non-hydrogen) atoms. The average Bonchev–Trinajstić information content (AvgIpc) is 2.47. The van der Waals surface area contributed by atoms with Gasteiger partial charge in [-0.2, -0.15) is 0 Å². The Hall–Kier alpha value is -2.54. The monoisotopic (exact) mass is 305 g/mol. The number of carbonyl (C=O) groups excluding carboxylic acids is 1. The van der Waals surface area contributed by atoms with Crippen molar-refractivity contribution in [1.29, 1.82) is 0 Å². The Balaban J connectivity index is 2.11. The second-order valence-electron chi connectivity index (χ2n) is 4.14. The molecule has 2 N–H and O–H groups in total. The fourth-order valence-electron chi connectivity index (χ4n) is 1.65. The van der Waals surface area contributed by atoms with Crippen LogP contribution in [0, 0.1) is 10.1 Å². The molecule has 0 spiro atoms. The molecule has 2 rings (SSSR count). The third-order valence-electron chi connectivity index (χ3n) is 2.72. The molecule has 0 saturated heterocycles. The van der Waals surface area contributed by atoms with E-state index in [4.69, 9.17) is 0 Å². The highest BCUT2D eigenvalue weighted by Gasteiger charge is 2.15. The molecule has 0 aromatic heterocycles. The van der Waals surface area contributed by atoms with Crippen molar-refractivity contribution in [2.24, 2.45) is 0 Å². The molecule has 0 amide bonds. The number of nitro groups is 1. The van der Waals surface area contributed by atoms with Gasteiger partial charge < -0.3 is 10.2 Å². The zero-order valence-electron chi connectivity index (χ0n) is 10.7. The summed E-state index contributed by atoms with van der Waals surface area (Å²) in [5.41, 5.74) is 0.181. The quantitative estimate of drug-likeness (QED) is 0.289. The van der Waals surface area contributed by atoms with E-state index < -0.39 is 4.92 Å². The highest BCUT2D eigenvalue weighted by Crippen LogP contribution is 2.30. The molecule has 0 aliphatic carbocycles. The fraction of sp³-hybridized carbons (Fsp3) is 0.0714. The van der Waals surface area contributed by atoms with Crippen molar-refractivity contribution in [3.05, 3.63) is 58.1 Å². The predicted molar refractivity (Wildman–Crippen MR) is 77.9 cm³/mol. The Kier molecular flexibility index (Phi) is 4.44. The zero-order valence-corrected chi connectivity index (χ0v) is 11.5. The molecule has 0 atom stereocenters. The van der Waals surface area contributed by atoms with E-state index in [0.29, 0.717) is 4.90 Å². The van der Waals surface area contributed by atoms with Gasteiger partial charge in [-0.25, -0.2) is 0 Å². The lowest BCUT2D eigenvalue weighted by Crippen LogP contribution is -2.02. The number of ketones is 1. The lowest BCUT2D eigenvalue weighted by Gasteiger charge is -2.04. The van der Waals surface area contributed by atoms with Gasteiger partial charge in [0.15, 0.2) is 17.3 Å². The van der Waals surface area contributed by atoms with Crippen molar-refractivity contribution in [2.45, 2.75) is 4.90 Å². The molecule has 0 fully saturated rings. The molecular weight excluding hydrogens is 294 g/mol. The van der Waals surface area contributed by atoms with Crippen LogP contribution in [0.1, 0.15) is 10.4 Å². The summed E-state index contributed by atoms with van der Waals surface area (Å²) in [6.45, 7) is 0. The van der Waals surface area contributed by atoms with E-state index in [1.54, 1.807) is 18.2 Å². The number of benzene rings is 2. The maximum Gasteiger partial charge on any atom is 0.282 e. The molecule has 7 heteroatoms. The maximum atomic E-state index is 12.0. The number of hydrogen-bond donors (Lipinski definition) is 2. The van der Waals surface area contributed by atoms with Gasteiger partial charge in [0.1, 0.15) is 0 Å². The van der Waals surface area contributed by atoms with Crippen LogP contribution < -0.4 is 0 Å². The van der Waals surface area contributed by atoms with Crippen LogP contribution in [-0.4, -0.2) is 26.7 Å². The number of aromatic hydroxyl groups is 2. The van der Waals surface area contributed by atoms with Crippen LogP contribution >= 0.6 is 11.8 Å². The minimum atomic E-state index is -0.501. The zero-order chi connectivity index (χ0) is 15.4. The lowest BCUT2D eigenvalue weighted by molar-refractivity contribution is -0.387. The van der Waals surface area contributed by atoms with Crippen LogP contribution in [0.5, 0.6) is 11.5 Å². The number of Topliss-reactive ketones (excluding diaryl/α,β-unsaturated/α-hetero) is 1. The van der Waals surface area contributed by atoms with Crippen LogP contribution in [0.4, 0.5) is 5.69 Å². The van der Waals surface area contributed by atoms with Gasteiger partial charge in [-0.1, -0.05) is 12.1 Å². The van der Waals surface area contributed by atoms with E-state index in [-0.39, 0.29) is 34.3 Å². The number of nitro benzene ring substituents is 1. The van der Waals surface area contributed by atoms with Gasteiger partial charge >= 0.3 is 0 Å². The number of phenolic OH excluding ortho intramolecular Hbond substituents is 2. The van der Waals surface area contributed by atoms with Crippen LogP contribution in [0.15, 0.2) is 47.4 Å². The van der Waals surface area contributed by atoms with E-state index in [1.165, 1.54) is 18.2 Å². The molecule has 0 bridgehead atoms. The molecule has 0 saturated carbocycles. The third-order valence-corrected chi connectivity index (χ3v) is 3.78. The second kappa shape index (κ2) is 6.27. The van der Waals surface area contributed by atoms with Gasteiger partial charge in [-0.05, 0) is 24.3 Å². The summed E-state index contributed by atoms with van der Waals surface area (Å²) < 4.78 is 0. The molecule has 0 unspecified atom stereocenters. The average molecular weight is 305 g/mol. The summed E-state index contributed by atoms with van der Waals surface area (Å²) in [6.07, 6.45) is 0. The summed E-state index contributed by atoms with van der Waals surface area (Å²) in [5.74, 6) is -0.988. The van der Waals surface area contributed by atoms with Crippen molar-refractivity contribution in [3.63, 3.8) is 0 Å². The fourth-order valence-corrected chi connectivity index (χ4v) is 2.57. The first-order valence-electron chi connectivity index (χ1n) is 5.90. The number of thioether (sulfide) groups is 1. The third kappa shape index (κ3) is 3.51. The molecule has 0 aliphatic heterocycles. The molecule has 108 valence electrons. The van der Waals surface area contributed by atoms with Crippen molar-refractivity contribution >= 4 is 23.2 Å². The summed E-state index contributed by atoms with van der Waals surface area (Å²) in [5, 5.41) is 29.4. The molecule has 2 aromatic carbocycles. The highest BCUT2D eigenvalue weighted by atomic mass is 32.2. The Morgan fingerprint density at radius 3 is 2.52 bits per heavy atom. The van der Waals surface area contributed by atoms with E-state index >= 15 is 0 Å². The van der Waals surface area contributed by atoms with Gasteiger partial charge in [-0.3, -0.25) is 14.9 Å². The van der Waals surface area contributed by atoms with Crippen LogP contribution in [0.2, 0.25) is 0 Å². The normalized spacial score (nSPS) is 10.3. The number of para-hydroxylation sites is 1. The summed E-state index contributed by atoms with van der Waals surface area (Å²) in [7, 11) is 0. The van der Waals surface area contributed by atoms with E-state index in [2.05, 4.69) is 0 Å². The number of nitrogens with zero attached hydrogens (tertiary/aromatic N) is 1. The van der Waals surface area contributed by atoms with E-state index in [1.807, 2.05) is 0 Å². The Morgan fingerprint density at radius 1 is 1.14 bits per heavy atom. The number of carbonyl (C=O) groups is 1. The predicted octanol–water partition coefficient (Wildman–Crippen LogP) is 2.98. The first kappa shape index (κ1) is 14.9. The maximum absolute atomic E-state index is 12.0. The first-order valence-corrected chi connectivity index (χ1v) is 6.89. The molecule has 6 nitrogen and oxygen atoms in total. The van der Waals surface area contributed by atoms with Crippen molar-refractivity contribution < 1.29 is 19.9 Å². The number of rotatable bonds is 5. The molecule has 0 heterocycles.